The summed E-state index contributed by atoms with van der Waals surface area (Å²) in [5.41, 5.74) is 2.04. The van der Waals surface area contributed by atoms with Gasteiger partial charge in [0.25, 0.3) is 0 Å². The first-order valence-corrected chi connectivity index (χ1v) is 7.76. The highest BCUT2D eigenvalue weighted by atomic mass is 16.2. The zero-order valence-electron chi connectivity index (χ0n) is 12.8. The predicted octanol–water partition coefficient (Wildman–Crippen LogP) is 2.93. The summed E-state index contributed by atoms with van der Waals surface area (Å²) in [6, 6.07) is 14.0. The average molecular weight is 295 g/mol. The van der Waals surface area contributed by atoms with Crippen molar-refractivity contribution in [1.29, 1.82) is 0 Å². The second kappa shape index (κ2) is 6.71. The fourth-order valence-electron chi connectivity index (χ4n) is 3.15. The molecule has 4 nitrogen and oxygen atoms in total. The number of aromatic nitrogens is 1. The fraction of sp³-hybridized carbons (Fsp3) is 0.333. The van der Waals surface area contributed by atoms with Gasteiger partial charge < -0.3 is 10.2 Å². The molecule has 0 bridgehead atoms. The van der Waals surface area contributed by atoms with E-state index in [1.807, 2.05) is 42.3 Å². The quantitative estimate of drug-likeness (QED) is 0.947. The lowest BCUT2D eigenvalue weighted by atomic mass is 10.0. The van der Waals surface area contributed by atoms with Crippen LogP contribution >= 0.6 is 0 Å². The Balaban J connectivity index is 2.04. The molecule has 2 atom stereocenters. The Morgan fingerprint density at radius 3 is 2.64 bits per heavy atom. The first-order valence-electron chi connectivity index (χ1n) is 7.76. The predicted molar refractivity (Wildman–Crippen MR) is 87.6 cm³/mol. The van der Waals surface area contributed by atoms with Gasteiger partial charge >= 0.3 is 0 Å². The van der Waals surface area contributed by atoms with Crippen molar-refractivity contribution < 1.29 is 4.79 Å². The van der Waals surface area contributed by atoms with Crippen molar-refractivity contribution in [1.82, 2.24) is 10.3 Å². The van der Waals surface area contributed by atoms with E-state index < -0.39 is 0 Å². The van der Waals surface area contributed by atoms with Crippen molar-refractivity contribution in [2.45, 2.75) is 31.3 Å². The van der Waals surface area contributed by atoms with E-state index in [0.29, 0.717) is 0 Å². The summed E-state index contributed by atoms with van der Waals surface area (Å²) in [6.45, 7) is 0. The topological polar surface area (TPSA) is 45.2 Å². The molecule has 114 valence electrons. The number of nitrogens with zero attached hydrogens (tertiary/aromatic N) is 2. The molecule has 2 heterocycles. The van der Waals surface area contributed by atoms with Crippen LogP contribution in [0.25, 0.3) is 0 Å². The lowest BCUT2D eigenvalue weighted by Gasteiger charge is -2.32. The Morgan fingerprint density at radius 2 is 1.95 bits per heavy atom. The number of hydrogen-bond acceptors (Lipinski definition) is 3. The van der Waals surface area contributed by atoms with Gasteiger partial charge in [-0.2, -0.15) is 0 Å². The van der Waals surface area contributed by atoms with Crippen LogP contribution in [0.3, 0.4) is 0 Å². The van der Waals surface area contributed by atoms with Crippen LogP contribution in [0.4, 0.5) is 5.69 Å². The molecule has 1 amide bonds. The minimum Gasteiger partial charge on any atom is -0.309 e. The molecule has 1 fully saturated rings. The van der Waals surface area contributed by atoms with Crippen molar-refractivity contribution in [2.24, 2.45) is 0 Å². The van der Waals surface area contributed by atoms with Crippen molar-refractivity contribution in [3.63, 3.8) is 0 Å². The maximum atomic E-state index is 13.0. The first kappa shape index (κ1) is 14.7. The number of anilines is 1. The number of hydrogen-bond donors (Lipinski definition) is 1. The number of carbonyl (C=O) groups excluding carboxylic acids is 1. The van der Waals surface area contributed by atoms with Crippen LogP contribution in [-0.4, -0.2) is 24.0 Å². The van der Waals surface area contributed by atoms with Gasteiger partial charge in [0.2, 0.25) is 5.91 Å². The van der Waals surface area contributed by atoms with E-state index in [0.717, 1.165) is 24.9 Å². The van der Waals surface area contributed by atoms with Gasteiger partial charge in [0.15, 0.2) is 0 Å². The minimum atomic E-state index is -0.131. The number of likely N-dealkylation sites (N-methyl/N-ethyl adjacent to an activating group) is 1. The van der Waals surface area contributed by atoms with Crippen LogP contribution in [0.15, 0.2) is 54.9 Å². The molecule has 1 aliphatic rings. The highest BCUT2D eigenvalue weighted by Crippen LogP contribution is 2.34. The van der Waals surface area contributed by atoms with E-state index in [4.69, 9.17) is 0 Å². The summed E-state index contributed by atoms with van der Waals surface area (Å²) >= 11 is 0. The van der Waals surface area contributed by atoms with Gasteiger partial charge in [-0.3, -0.25) is 9.78 Å². The highest BCUT2D eigenvalue weighted by molar-refractivity contribution is 5.98. The second-order valence-corrected chi connectivity index (χ2v) is 5.62. The Labute approximate surface area is 131 Å². The van der Waals surface area contributed by atoms with E-state index in [2.05, 4.69) is 22.4 Å². The summed E-state index contributed by atoms with van der Waals surface area (Å²) in [7, 11) is 1.85. The van der Waals surface area contributed by atoms with Gasteiger partial charge in [-0.25, -0.2) is 0 Å². The summed E-state index contributed by atoms with van der Waals surface area (Å²) in [4.78, 5) is 19.1. The smallest absolute Gasteiger partial charge is 0.244 e. The van der Waals surface area contributed by atoms with E-state index in [9.17, 15) is 4.79 Å². The van der Waals surface area contributed by atoms with Crippen LogP contribution in [-0.2, 0) is 4.79 Å². The molecule has 0 aliphatic carbocycles. The molecule has 1 aromatic heterocycles. The van der Waals surface area contributed by atoms with Crippen LogP contribution < -0.4 is 10.2 Å². The number of carbonyl (C=O) groups is 1. The molecular weight excluding hydrogens is 274 g/mol. The lowest BCUT2D eigenvalue weighted by molar-refractivity contribution is -0.120. The molecule has 1 saturated heterocycles. The van der Waals surface area contributed by atoms with Crippen molar-refractivity contribution in [3.8, 4) is 0 Å². The Kier molecular flexibility index (Phi) is 4.49. The third-order valence-electron chi connectivity index (χ3n) is 4.27. The van der Waals surface area contributed by atoms with Crippen LogP contribution in [0.2, 0.25) is 0 Å². The lowest BCUT2D eigenvalue weighted by Crippen LogP contribution is -2.45. The zero-order valence-corrected chi connectivity index (χ0v) is 12.8. The second-order valence-electron chi connectivity index (χ2n) is 5.62. The van der Waals surface area contributed by atoms with Crippen LogP contribution in [0.5, 0.6) is 0 Å². The number of rotatable bonds is 3. The van der Waals surface area contributed by atoms with Crippen LogP contribution in [0.1, 0.15) is 30.9 Å². The highest BCUT2D eigenvalue weighted by Gasteiger charge is 2.34. The number of nitrogens with one attached hydrogen (secondary N) is 1. The Hall–Kier alpha value is -2.20. The molecule has 1 N–H and O–H groups in total. The minimum absolute atomic E-state index is 0.0660. The molecular formula is C18H21N3O. The molecule has 4 heteroatoms. The largest absolute Gasteiger partial charge is 0.309 e. The fourth-order valence-corrected chi connectivity index (χ4v) is 3.15. The summed E-state index contributed by atoms with van der Waals surface area (Å²) in [5, 5.41) is 3.15. The summed E-state index contributed by atoms with van der Waals surface area (Å²) < 4.78 is 0. The van der Waals surface area contributed by atoms with E-state index in [-0.39, 0.29) is 18.0 Å². The summed E-state index contributed by atoms with van der Waals surface area (Å²) in [6.07, 6.45) is 6.36. The normalized spacial score (nSPS) is 22.4. The van der Waals surface area contributed by atoms with Crippen molar-refractivity contribution in [2.75, 3.05) is 11.9 Å². The van der Waals surface area contributed by atoms with Gasteiger partial charge in [-0.05, 0) is 44.0 Å². The zero-order chi connectivity index (χ0) is 15.4. The van der Waals surface area contributed by atoms with E-state index >= 15 is 0 Å². The van der Waals surface area contributed by atoms with E-state index in [1.54, 1.807) is 12.4 Å². The SMILES string of the molecule is CNC1CCCC(c2ccccc2)N(c2cccnc2)C1=O. The monoisotopic (exact) mass is 295 g/mol. The molecule has 0 spiro atoms. The Bertz CT molecular complexity index is 615. The summed E-state index contributed by atoms with van der Waals surface area (Å²) in [5.74, 6) is 0.127. The molecule has 1 aliphatic heterocycles. The number of benzene rings is 1. The maximum absolute atomic E-state index is 13.0. The van der Waals surface area contributed by atoms with Gasteiger partial charge in [0.1, 0.15) is 0 Å². The molecule has 22 heavy (non-hydrogen) atoms. The van der Waals surface area contributed by atoms with Gasteiger partial charge in [-0.1, -0.05) is 30.3 Å². The molecule has 2 aromatic rings. The molecule has 1 aromatic carbocycles. The Morgan fingerprint density at radius 1 is 1.14 bits per heavy atom. The van der Waals surface area contributed by atoms with E-state index in [1.165, 1.54) is 5.56 Å². The number of pyridine rings is 1. The molecule has 0 radical (unpaired) electrons. The standard InChI is InChI=1S/C18H21N3O/c1-19-16-10-5-11-17(14-7-3-2-4-8-14)21(18(16)22)15-9-6-12-20-13-15/h2-4,6-9,12-13,16-17,19H,5,10-11H2,1H3. The third kappa shape index (κ3) is 2.88. The first-order chi connectivity index (χ1) is 10.8. The van der Waals surface area contributed by atoms with Crippen molar-refractivity contribution >= 4 is 11.6 Å². The van der Waals surface area contributed by atoms with Gasteiger partial charge in [0, 0.05) is 6.20 Å². The van der Waals surface area contributed by atoms with Crippen molar-refractivity contribution in [3.05, 3.63) is 60.4 Å². The molecule has 3 rings (SSSR count). The average Bonchev–Trinajstić information content (AvgIpc) is 2.75. The third-order valence-corrected chi connectivity index (χ3v) is 4.27. The van der Waals surface area contributed by atoms with Gasteiger partial charge in [0.05, 0.1) is 24.0 Å². The molecule has 0 saturated carbocycles. The molecule has 2 unspecified atom stereocenters. The maximum Gasteiger partial charge on any atom is 0.244 e. The van der Waals surface area contributed by atoms with Crippen LogP contribution in [0, 0.1) is 0 Å². The number of amides is 1. The van der Waals surface area contributed by atoms with Gasteiger partial charge in [-0.15, -0.1) is 0 Å².